The van der Waals surface area contributed by atoms with Crippen LogP contribution in [0, 0.1) is 5.92 Å². The van der Waals surface area contributed by atoms with Crippen LogP contribution < -0.4 is 0 Å². The second kappa shape index (κ2) is 21.6. The van der Waals surface area contributed by atoms with Gasteiger partial charge in [0.15, 0.2) is 0 Å². The van der Waals surface area contributed by atoms with Crippen LogP contribution in [0.5, 0.6) is 0 Å². The Balaban J connectivity index is 0. The van der Waals surface area contributed by atoms with Crippen LogP contribution in [0.2, 0.25) is 8.87 Å². The first-order valence-corrected chi connectivity index (χ1v) is 13.4. The van der Waals surface area contributed by atoms with E-state index in [0.717, 1.165) is 26.1 Å². The van der Waals surface area contributed by atoms with Crippen molar-refractivity contribution in [3.05, 3.63) is 0 Å². The van der Waals surface area contributed by atoms with Crippen molar-refractivity contribution < 1.29 is 14.6 Å². The van der Waals surface area contributed by atoms with Crippen LogP contribution in [0.25, 0.3) is 0 Å². The van der Waals surface area contributed by atoms with E-state index in [1.165, 1.54) is 25.7 Å². The Morgan fingerprint density at radius 1 is 1.09 bits per heavy atom. The fourth-order valence-electron chi connectivity index (χ4n) is 1.76. The number of carboxylic acid groups (broad SMARTS) is 1. The zero-order chi connectivity index (χ0) is 17.1. The van der Waals surface area contributed by atoms with Crippen LogP contribution in [0.15, 0.2) is 0 Å². The van der Waals surface area contributed by atoms with Gasteiger partial charge in [-0.2, -0.15) is 12.6 Å². The molecule has 0 aromatic rings. The topological polar surface area (TPSA) is 46.5 Å². The predicted molar refractivity (Wildman–Crippen MR) is 101 cm³/mol. The maximum absolute atomic E-state index is 10.6. The third kappa shape index (κ3) is 20.6. The van der Waals surface area contributed by atoms with E-state index in [2.05, 4.69) is 26.5 Å². The van der Waals surface area contributed by atoms with Gasteiger partial charge in [-0.25, -0.2) is 0 Å². The third-order valence-corrected chi connectivity index (χ3v) is 7.76. The van der Waals surface area contributed by atoms with Crippen LogP contribution in [0.3, 0.4) is 0 Å². The summed E-state index contributed by atoms with van der Waals surface area (Å²) in [6.07, 6.45) is 8.38. The summed E-state index contributed by atoms with van der Waals surface area (Å²) in [5.41, 5.74) is 0. The number of aliphatic carboxylic acids is 1. The van der Waals surface area contributed by atoms with Crippen molar-refractivity contribution in [1.82, 2.24) is 0 Å². The van der Waals surface area contributed by atoms with Gasteiger partial charge in [0, 0.05) is 19.0 Å². The summed E-state index contributed by atoms with van der Waals surface area (Å²) in [6.45, 7) is 8.00. The van der Waals surface area contributed by atoms with Crippen LogP contribution in [-0.4, -0.2) is 51.2 Å². The second-order valence-corrected chi connectivity index (χ2v) is 10.0. The molecule has 1 unspecified atom stereocenters. The van der Waals surface area contributed by atoms with Gasteiger partial charge in [0.2, 0.25) is 0 Å². The molecule has 3 nitrogen and oxygen atoms in total. The monoisotopic (exact) mass is 440 g/mol. The average molecular weight is 439 g/mol. The molecule has 1 N–H and O–H groups in total. The van der Waals surface area contributed by atoms with E-state index in [9.17, 15) is 4.79 Å². The smallest absolute Gasteiger partial charge is 0.307 e. The van der Waals surface area contributed by atoms with Crippen LogP contribution in [0.4, 0.5) is 0 Å². The second-order valence-electron chi connectivity index (χ2n) is 5.37. The number of rotatable bonds is 14. The van der Waals surface area contributed by atoms with Gasteiger partial charge in [-0.05, 0) is 19.8 Å². The van der Waals surface area contributed by atoms with E-state index in [0.29, 0.717) is 12.2 Å². The Morgan fingerprint density at radius 3 is 2.09 bits per heavy atom. The van der Waals surface area contributed by atoms with Gasteiger partial charge in [0.1, 0.15) is 0 Å². The van der Waals surface area contributed by atoms with E-state index in [-0.39, 0.29) is 27.1 Å². The molecule has 0 saturated heterocycles. The van der Waals surface area contributed by atoms with Gasteiger partial charge in [-0.3, -0.25) is 4.79 Å². The minimum absolute atomic E-state index is 0.149. The zero-order valence-electron chi connectivity index (χ0n) is 14.8. The van der Waals surface area contributed by atoms with Gasteiger partial charge in [-0.1, -0.05) is 6.42 Å². The Morgan fingerprint density at radius 2 is 1.68 bits per heavy atom. The summed E-state index contributed by atoms with van der Waals surface area (Å²) in [5, 5.41) is 8.70. The molecule has 0 aliphatic heterocycles. The standard InChI is InChI=1S/C9H18O3S.2C4H9.Sn/c1-2-12-6-4-3-5-8(7-13)9(10)11;2*1-3-4-2;/h8,13H,2-7H2,1H3,(H,10,11);2*1,3-4H2,2H3;. The summed E-state index contributed by atoms with van der Waals surface area (Å²) < 4.78 is 8.39. The molecule has 0 saturated carbocycles. The first-order valence-electron chi connectivity index (χ1n) is 8.75. The summed E-state index contributed by atoms with van der Waals surface area (Å²) in [6, 6.07) is 0. The summed E-state index contributed by atoms with van der Waals surface area (Å²) in [5.74, 6) is -0.624. The SMILES string of the molecule is CCC[CH2][Sn][CH2]CCC.CCOCCCCC(CS)C(=O)O. The van der Waals surface area contributed by atoms with Crippen molar-refractivity contribution in [2.24, 2.45) is 5.92 Å². The molecule has 0 aliphatic carbocycles. The summed E-state index contributed by atoms with van der Waals surface area (Å²) in [7, 11) is 0. The maximum atomic E-state index is 10.6. The molecule has 22 heavy (non-hydrogen) atoms. The molecule has 0 fully saturated rings. The largest absolute Gasteiger partial charge is 0.481 e. The first-order chi connectivity index (χ1) is 10.6. The summed E-state index contributed by atoms with van der Waals surface area (Å²) >= 11 is 4.14. The quantitative estimate of drug-likeness (QED) is 0.229. The summed E-state index contributed by atoms with van der Waals surface area (Å²) in [4.78, 5) is 10.6. The molecule has 0 bridgehead atoms. The Kier molecular flexibility index (Phi) is 24.4. The molecule has 0 heterocycles. The maximum Gasteiger partial charge on any atom is 0.307 e. The van der Waals surface area contributed by atoms with E-state index in [1.807, 2.05) is 6.92 Å². The van der Waals surface area contributed by atoms with Crippen molar-refractivity contribution in [3.63, 3.8) is 0 Å². The van der Waals surface area contributed by atoms with Crippen molar-refractivity contribution in [2.75, 3.05) is 19.0 Å². The molecule has 0 rings (SSSR count). The number of carboxylic acids is 1. The molecule has 5 heteroatoms. The molecule has 1 atom stereocenters. The number of ether oxygens (including phenoxy) is 1. The molecule has 0 aromatic heterocycles. The number of hydrogen-bond donors (Lipinski definition) is 2. The number of unbranched alkanes of at least 4 members (excludes halogenated alkanes) is 3. The van der Waals surface area contributed by atoms with Crippen LogP contribution >= 0.6 is 12.6 Å². The Labute approximate surface area is 153 Å². The normalized spacial score (nSPS) is 11.6. The van der Waals surface area contributed by atoms with Crippen LogP contribution in [-0.2, 0) is 9.53 Å². The molecule has 0 spiro atoms. The van der Waals surface area contributed by atoms with Gasteiger partial charge >= 0.3 is 75.5 Å². The van der Waals surface area contributed by atoms with E-state index in [1.54, 1.807) is 8.87 Å². The molecule has 0 aromatic carbocycles. The molecule has 0 amide bonds. The van der Waals surface area contributed by atoms with E-state index < -0.39 is 5.97 Å². The van der Waals surface area contributed by atoms with E-state index in [4.69, 9.17) is 9.84 Å². The average Bonchev–Trinajstić information content (AvgIpc) is 2.51. The first kappa shape index (κ1) is 24.8. The minimum Gasteiger partial charge on any atom is -0.481 e. The van der Waals surface area contributed by atoms with Crippen molar-refractivity contribution in [1.29, 1.82) is 0 Å². The van der Waals surface area contributed by atoms with Crippen molar-refractivity contribution >= 4 is 39.7 Å². The Hall–Kier alpha value is 0.579. The predicted octanol–water partition coefficient (Wildman–Crippen LogP) is 4.95. The third-order valence-electron chi connectivity index (χ3n) is 3.28. The van der Waals surface area contributed by atoms with Gasteiger partial charge in [0.05, 0.1) is 5.92 Å². The molecular weight excluding hydrogens is 403 g/mol. The van der Waals surface area contributed by atoms with E-state index >= 15 is 0 Å². The fourth-order valence-corrected chi connectivity index (χ4v) is 6.26. The molecular formula is C17H36O3SSn. The van der Waals surface area contributed by atoms with Crippen LogP contribution in [0.1, 0.15) is 65.7 Å². The van der Waals surface area contributed by atoms with Crippen molar-refractivity contribution in [2.45, 2.75) is 74.6 Å². The fraction of sp³-hybridized carbons (Fsp3) is 0.941. The Bertz CT molecular complexity index is 222. The van der Waals surface area contributed by atoms with Gasteiger partial charge < -0.3 is 9.84 Å². The minimum atomic E-state index is -0.744. The zero-order valence-corrected chi connectivity index (χ0v) is 18.5. The van der Waals surface area contributed by atoms with Gasteiger partial charge in [-0.15, -0.1) is 0 Å². The van der Waals surface area contributed by atoms with Crippen molar-refractivity contribution in [3.8, 4) is 0 Å². The number of hydrogen-bond acceptors (Lipinski definition) is 3. The number of carbonyl (C=O) groups is 1. The molecule has 0 aliphatic rings. The molecule has 2 radical (unpaired) electrons. The molecule has 132 valence electrons. The van der Waals surface area contributed by atoms with Gasteiger partial charge in [0.25, 0.3) is 0 Å². The number of thiol groups is 1.